The summed E-state index contributed by atoms with van der Waals surface area (Å²) in [6, 6.07) is 8.89. The first-order chi connectivity index (χ1) is 14.3. The lowest BCUT2D eigenvalue weighted by Crippen LogP contribution is -2.41. The molecule has 1 atom stereocenters. The van der Waals surface area contributed by atoms with E-state index in [0.717, 1.165) is 44.2 Å². The second kappa shape index (κ2) is 9.15. The Labute approximate surface area is 171 Å². The van der Waals surface area contributed by atoms with Crippen molar-refractivity contribution in [3.05, 3.63) is 69.8 Å². The van der Waals surface area contributed by atoms with Gasteiger partial charge in [-0.15, -0.1) is 0 Å². The summed E-state index contributed by atoms with van der Waals surface area (Å²) in [5.74, 6) is -0.506. The molecule has 1 fully saturated rings. The predicted octanol–water partition coefficient (Wildman–Crippen LogP) is 5.22. The van der Waals surface area contributed by atoms with E-state index in [1.54, 1.807) is 6.07 Å². The van der Waals surface area contributed by atoms with Crippen LogP contribution in [0, 0.1) is 10.1 Å². The molecule has 2 N–H and O–H groups in total. The Hall–Kier alpha value is -3.10. The SMILES string of the molecule is O=C(NC1CCCCC1)C(Nc1cccc(C(F)(F)F)c1)c1ccccc1[N+](=O)[O-]. The van der Waals surface area contributed by atoms with Crippen LogP contribution in [0.15, 0.2) is 48.5 Å². The van der Waals surface area contributed by atoms with Gasteiger partial charge in [-0.05, 0) is 37.1 Å². The number of nitro benzene ring substituents is 1. The molecule has 2 aromatic rings. The summed E-state index contributed by atoms with van der Waals surface area (Å²) in [6.45, 7) is 0. The molecule has 6 nitrogen and oxygen atoms in total. The van der Waals surface area contributed by atoms with Crippen LogP contribution in [-0.2, 0) is 11.0 Å². The fourth-order valence-electron chi connectivity index (χ4n) is 3.67. The Morgan fingerprint density at radius 2 is 1.77 bits per heavy atom. The first-order valence-electron chi connectivity index (χ1n) is 9.73. The van der Waals surface area contributed by atoms with Gasteiger partial charge < -0.3 is 10.6 Å². The molecule has 30 heavy (non-hydrogen) atoms. The molecule has 0 aromatic heterocycles. The average molecular weight is 421 g/mol. The van der Waals surface area contributed by atoms with Gasteiger partial charge >= 0.3 is 6.18 Å². The number of amides is 1. The van der Waals surface area contributed by atoms with Gasteiger partial charge in [0, 0.05) is 17.8 Å². The first-order valence-corrected chi connectivity index (χ1v) is 9.73. The number of nitrogens with one attached hydrogen (secondary N) is 2. The van der Waals surface area contributed by atoms with E-state index in [9.17, 15) is 28.1 Å². The fraction of sp³-hybridized carbons (Fsp3) is 0.381. The zero-order valence-corrected chi connectivity index (χ0v) is 16.1. The third-order valence-electron chi connectivity index (χ3n) is 5.16. The smallest absolute Gasteiger partial charge is 0.370 e. The summed E-state index contributed by atoms with van der Waals surface area (Å²) in [5.41, 5.74) is -1.01. The molecule has 0 aliphatic heterocycles. The number of alkyl halides is 3. The van der Waals surface area contributed by atoms with Crippen LogP contribution in [0.25, 0.3) is 0 Å². The van der Waals surface area contributed by atoms with E-state index in [1.807, 2.05) is 0 Å². The molecule has 1 saturated carbocycles. The summed E-state index contributed by atoms with van der Waals surface area (Å²) >= 11 is 0. The lowest BCUT2D eigenvalue weighted by Gasteiger charge is -2.26. The largest absolute Gasteiger partial charge is 0.416 e. The van der Waals surface area contributed by atoms with Crippen LogP contribution in [0.4, 0.5) is 24.5 Å². The monoisotopic (exact) mass is 421 g/mol. The van der Waals surface area contributed by atoms with Gasteiger partial charge in [0.2, 0.25) is 5.91 Å². The predicted molar refractivity (Wildman–Crippen MR) is 106 cm³/mol. The minimum absolute atomic E-state index is 0.0479. The highest BCUT2D eigenvalue weighted by Gasteiger charge is 2.32. The maximum absolute atomic E-state index is 13.1. The Balaban J connectivity index is 1.94. The number of nitro groups is 1. The van der Waals surface area contributed by atoms with Gasteiger partial charge in [-0.25, -0.2) is 0 Å². The Morgan fingerprint density at radius 3 is 2.43 bits per heavy atom. The molecular formula is C21H22F3N3O3. The van der Waals surface area contributed by atoms with Crippen molar-refractivity contribution in [1.82, 2.24) is 5.32 Å². The van der Waals surface area contributed by atoms with E-state index in [2.05, 4.69) is 10.6 Å². The molecule has 0 radical (unpaired) electrons. The fourth-order valence-corrected chi connectivity index (χ4v) is 3.67. The van der Waals surface area contributed by atoms with Crippen LogP contribution >= 0.6 is 0 Å². The maximum atomic E-state index is 13.1. The zero-order chi connectivity index (χ0) is 21.7. The van der Waals surface area contributed by atoms with Crippen LogP contribution in [-0.4, -0.2) is 16.9 Å². The molecule has 0 saturated heterocycles. The van der Waals surface area contributed by atoms with Gasteiger partial charge in [0.05, 0.1) is 16.1 Å². The van der Waals surface area contributed by atoms with E-state index in [0.29, 0.717) is 0 Å². The molecule has 1 aliphatic carbocycles. The number of nitrogens with zero attached hydrogens (tertiary/aromatic N) is 1. The molecule has 2 aromatic carbocycles. The molecule has 1 aliphatic rings. The topological polar surface area (TPSA) is 84.3 Å². The summed E-state index contributed by atoms with van der Waals surface area (Å²) in [6.07, 6.45) is 0.0981. The highest BCUT2D eigenvalue weighted by atomic mass is 19.4. The Kier molecular flexibility index (Phi) is 6.59. The van der Waals surface area contributed by atoms with Crippen molar-refractivity contribution >= 4 is 17.3 Å². The minimum atomic E-state index is -4.55. The van der Waals surface area contributed by atoms with Gasteiger partial charge in [-0.3, -0.25) is 14.9 Å². The lowest BCUT2D eigenvalue weighted by atomic mass is 9.94. The van der Waals surface area contributed by atoms with Gasteiger partial charge in [0.25, 0.3) is 5.69 Å². The Morgan fingerprint density at radius 1 is 1.07 bits per heavy atom. The van der Waals surface area contributed by atoms with Crippen LogP contribution < -0.4 is 10.6 Å². The summed E-state index contributed by atoms with van der Waals surface area (Å²) in [5, 5.41) is 17.2. The van der Waals surface area contributed by atoms with Crippen molar-refractivity contribution in [3.63, 3.8) is 0 Å². The van der Waals surface area contributed by atoms with Crippen LogP contribution in [0.2, 0.25) is 0 Å². The zero-order valence-electron chi connectivity index (χ0n) is 16.1. The van der Waals surface area contributed by atoms with Crippen molar-refractivity contribution in [1.29, 1.82) is 0 Å². The number of anilines is 1. The van der Waals surface area contributed by atoms with Crippen molar-refractivity contribution < 1.29 is 22.9 Å². The standard InChI is InChI=1S/C21H22F3N3O3/c22-21(23,24)14-7-6-10-16(13-14)25-19(17-11-4-5-12-18(17)27(29)30)20(28)26-15-8-2-1-3-9-15/h4-7,10-13,15,19,25H,1-3,8-9H2,(H,26,28). The van der Waals surface area contributed by atoms with E-state index >= 15 is 0 Å². The third-order valence-corrected chi connectivity index (χ3v) is 5.16. The van der Waals surface area contributed by atoms with Crippen molar-refractivity contribution in [3.8, 4) is 0 Å². The number of rotatable bonds is 6. The second-order valence-electron chi connectivity index (χ2n) is 7.32. The van der Waals surface area contributed by atoms with E-state index in [4.69, 9.17) is 0 Å². The quantitative estimate of drug-likeness (QED) is 0.495. The van der Waals surface area contributed by atoms with Crippen LogP contribution in [0.5, 0.6) is 0 Å². The number of carbonyl (C=O) groups is 1. The van der Waals surface area contributed by atoms with Gasteiger partial charge in [-0.2, -0.15) is 13.2 Å². The van der Waals surface area contributed by atoms with Crippen molar-refractivity contribution in [2.45, 2.75) is 50.4 Å². The highest BCUT2D eigenvalue weighted by molar-refractivity contribution is 5.87. The Bertz CT molecular complexity index is 912. The highest BCUT2D eigenvalue weighted by Crippen LogP contribution is 2.33. The third kappa shape index (κ3) is 5.28. The average Bonchev–Trinajstić information content (AvgIpc) is 2.72. The second-order valence-corrected chi connectivity index (χ2v) is 7.32. The lowest BCUT2D eigenvalue weighted by molar-refractivity contribution is -0.385. The normalized spacial score (nSPS) is 16.0. The van der Waals surface area contributed by atoms with E-state index in [1.165, 1.54) is 30.3 Å². The summed E-state index contributed by atoms with van der Waals surface area (Å²) in [4.78, 5) is 23.9. The summed E-state index contributed by atoms with van der Waals surface area (Å²) in [7, 11) is 0. The van der Waals surface area contributed by atoms with Gasteiger partial charge in [0.1, 0.15) is 6.04 Å². The number of carbonyl (C=O) groups excluding carboxylic acids is 1. The molecule has 9 heteroatoms. The number of halogens is 3. The number of para-hydroxylation sites is 1. The molecule has 0 bridgehead atoms. The molecule has 160 valence electrons. The molecule has 0 heterocycles. The number of benzene rings is 2. The van der Waals surface area contributed by atoms with Crippen LogP contribution in [0.1, 0.15) is 49.3 Å². The van der Waals surface area contributed by atoms with Crippen molar-refractivity contribution in [2.75, 3.05) is 5.32 Å². The maximum Gasteiger partial charge on any atom is 0.416 e. The van der Waals surface area contributed by atoms with E-state index < -0.39 is 28.6 Å². The summed E-state index contributed by atoms with van der Waals surface area (Å²) < 4.78 is 39.2. The molecule has 1 amide bonds. The van der Waals surface area contributed by atoms with Gasteiger partial charge in [0.15, 0.2) is 0 Å². The van der Waals surface area contributed by atoms with Gasteiger partial charge in [-0.1, -0.05) is 37.5 Å². The number of hydrogen-bond donors (Lipinski definition) is 2. The van der Waals surface area contributed by atoms with Crippen molar-refractivity contribution in [2.24, 2.45) is 0 Å². The molecule has 1 unspecified atom stereocenters. The number of hydrogen-bond acceptors (Lipinski definition) is 4. The minimum Gasteiger partial charge on any atom is -0.370 e. The first kappa shape index (κ1) is 21.6. The van der Waals surface area contributed by atoms with E-state index in [-0.39, 0.29) is 23.0 Å². The molecule has 3 rings (SSSR count). The van der Waals surface area contributed by atoms with Crippen LogP contribution in [0.3, 0.4) is 0 Å². The molecular weight excluding hydrogens is 399 g/mol. The molecule has 0 spiro atoms.